The molecule has 0 radical (unpaired) electrons. The molecule has 6 rings (SSSR count). The maximum Gasteiger partial charge on any atom is 0.287 e. The third-order valence-electron chi connectivity index (χ3n) is 7.57. The molecule has 2 aliphatic carbocycles. The van der Waals surface area contributed by atoms with Gasteiger partial charge in [-0.1, -0.05) is 66.9 Å². The van der Waals surface area contributed by atoms with Crippen molar-refractivity contribution in [2.45, 2.75) is 64.0 Å². The van der Waals surface area contributed by atoms with Gasteiger partial charge in [0.05, 0.1) is 18.1 Å². The van der Waals surface area contributed by atoms with E-state index in [9.17, 15) is 4.79 Å². The van der Waals surface area contributed by atoms with Crippen molar-refractivity contribution in [2.75, 3.05) is 0 Å². The van der Waals surface area contributed by atoms with Gasteiger partial charge in [-0.15, -0.1) is 0 Å². The van der Waals surface area contributed by atoms with Crippen LogP contribution in [0.2, 0.25) is 0 Å². The van der Waals surface area contributed by atoms with Crippen molar-refractivity contribution in [2.24, 2.45) is 0 Å². The average Bonchev–Trinajstić information content (AvgIpc) is 3.65. The summed E-state index contributed by atoms with van der Waals surface area (Å²) in [5.41, 5.74) is 6.68. The number of imidazole rings is 1. The predicted octanol–water partition coefficient (Wildman–Crippen LogP) is 7.04. The van der Waals surface area contributed by atoms with Gasteiger partial charge < -0.3 is 14.3 Å². The molecule has 178 valence electrons. The summed E-state index contributed by atoms with van der Waals surface area (Å²) < 4.78 is 8.50. The fourth-order valence-electron chi connectivity index (χ4n) is 5.71. The number of rotatable bonds is 5. The Kier molecular flexibility index (Phi) is 5.77. The van der Waals surface area contributed by atoms with Crippen LogP contribution in [0.3, 0.4) is 0 Å². The predicted molar refractivity (Wildman–Crippen MR) is 137 cm³/mol. The number of hydrogen-bond acceptors (Lipinski definition) is 3. The molecule has 2 aliphatic rings. The molecular weight excluding hydrogens is 434 g/mol. The lowest BCUT2D eigenvalue weighted by Crippen LogP contribution is -2.30. The molecule has 4 aromatic rings. The molecule has 2 heterocycles. The van der Waals surface area contributed by atoms with Gasteiger partial charge in [0.2, 0.25) is 0 Å². The minimum Gasteiger partial charge on any atom is -0.449 e. The van der Waals surface area contributed by atoms with Gasteiger partial charge in [-0.3, -0.25) is 4.79 Å². The molecule has 5 nitrogen and oxygen atoms in total. The molecule has 0 aliphatic heterocycles. The van der Waals surface area contributed by atoms with Crippen molar-refractivity contribution < 1.29 is 9.21 Å². The highest BCUT2D eigenvalue weighted by Gasteiger charge is 2.27. The minimum absolute atomic E-state index is 0.0214. The second kappa shape index (κ2) is 9.21. The Balaban J connectivity index is 1.32. The quantitative estimate of drug-likeness (QED) is 0.344. The summed E-state index contributed by atoms with van der Waals surface area (Å²) >= 11 is 0. The molecular formula is C30H31N3O2. The fraction of sp³-hybridized carbons (Fsp3) is 0.333. The van der Waals surface area contributed by atoms with Gasteiger partial charge >= 0.3 is 0 Å². The molecule has 1 N–H and O–H groups in total. The molecule has 2 aromatic heterocycles. The summed E-state index contributed by atoms with van der Waals surface area (Å²) in [4.78, 5) is 18.0. The zero-order chi connectivity index (χ0) is 23.8. The standard InChI is InChI=1S/C30H31N3O2/c1-20-13-15-22(16-14-20)28-29(33(19-31-28)23-9-3-4-10-23)26-17-18-27(35-26)30(34)32-25-12-6-8-21-7-2-5-11-24(21)25/h2,5,7,11,13-19,23,25H,3-4,6,8-10,12H2,1H3,(H,32,34). The second-order valence-corrected chi connectivity index (χ2v) is 9.93. The Morgan fingerprint density at radius 3 is 2.60 bits per heavy atom. The fourth-order valence-corrected chi connectivity index (χ4v) is 5.71. The van der Waals surface area contributed by atoms with Crippen LogP contribution in [0.1, 0.15) is 77.9 Å². The summed E-state index contributed by atoms with van der Waals surface area (Å²) in [5, 5.41) is 3.22. The number of nitrogens with one attached hydrogen (secondary N) is 1. The normalized spacial score (nSPS) is 17.9. The number of fused-ring (bicyclic) bond motifs is 1. The van der Waals surface area contributed by atoms with Crippen LogP contribution in [0.5, 0.6) is 0 Å². The summed E-state index contributed by atoms with van der Waals surface area (Å²) in [6.07, 6.45) is 9.79. The van der Waals surface area contributed by atoms with Crippen LogP contribution in [0.25, 0.3) is 22.7 Å². The number of hydrogen-bond donors (Lipinski definition) is 1. The number of benzene rings is 2. The zero-order valence-electron chi connectivity index (χ0n) is 20.2. The van der Waals surface area contributed by atoms with Gasteiger partial charge in [0.15, 0.2) is 11.5 Å². The topological polar surface area (TPSA) is 60.1 Å². The lowest BCUT2D eigenvalue weighted by Gasteiger charge is -2.26. The van der Waals surface area contributed by atoms with Crippen LogP contribution in [-0.4, -0.2) is 15.5 Å². The molecule has 0 spiro atoms. The highest BCUT2D eigenvalue weighted by Crippen LogP contribution is 2.39. The number of nitrogens with zero attached hydrogens (tertiary/aromatic N) is 2. The van der Waals surface area contributed by atoms with Gasteiger partial charge in [0.1, 0.15) is 5.69 Å². The average molecular weight is 466 g/mol. The third kappa shape index (κ3) is 4.20. The van der Waals surface area contributed by atoms with E-state index in [4.69, 9.17) is 9.40 Å². The van der Waals surface area contributed by atoms with Gasteiger partial charge in [-0.2, -0.15) is 0 Å². The molecule has 0 bridgehead atoms. The summed E-state index contributed by atoms with van der Waals surface area (Å²) in [7, 11) is 0. The Bertz CT molecular complexity index is 1340. The Labute approximate surface area is 206 Å². The van der Waals surface area contributed by atoms with E-state index >= 15 is 0 Å². The number of aromatic nitrogens is 2. The van der Waals surface area contributed by atoms with Crippen LogP contribution in [0.15, 0.2) is 71.4 Å². The van der Waals surface area contributed by atoms with Crippen molar-refractivity contribution in [1.29, 1.82) is 0 Å². The number of furan rings is 1. The lowest BCUT2D eigenvalue weighted by molar-refractivity contribution is 0.0905. The van der Waals surface area contributed by atoms with Gasteiger partial charge in [0, 0.05) is 11.6 Å². The van der Waals surface area contributed by atoms with E-state index < -0.39 is 0 Å². The molecule has 35 heavy (non-hydrogen) atoms. The van der Waals surface area contributed by atoms with E-state index in [1.807, 2.05) is 18.5 Å². The summed E-state index contributed by atoms with van der Waals surface area (Å²) in [5.74, 6) is 0.873. The van der Waals surface area contributed by atoms with Crippen molar-refractivity contribution in [3.05, 3.63) is 89.4 Å². The molecule has 2 aromatic carbocycles. The Hall–Kier alpha value is -3.60. The van der Waals surface area contributed by atoms with Crippen LogP contribution in [0.4, 0.5) is 0 Å². The highest BCUT2D eigenvalue weighted by molar-refractivity contribution is 5.92. The first-order chi connectivity index (χ1) is 17.2. The van der Waals surface area contributed by atoms with Crippen LogP contribution in [0, 0.1) is 6.92 Å². The van der Waals surface area contributed by atoms with Crippen LogP contribution in [-0.2, 0) is 6.42 Å². The van der Waals surface area contributed by atoms with E-state index in [-0.39, 0.29) is 11.9 Å². The van der Waals surface area contributed by atoms with Gasteiger partial charge in [-0.25, -0.2) is 4.98 Å². The molecule has 5 heteroatoms. The van der Waals surface area contributed by atoms with Crippen molar-refractivity contribution in [3.63, 3.8) is 0 Å². The van der Waals surface area contributed by atoms with E-state index in [1.165, 1.54) is 29.5 Å². The van der Waals surface area contributed by atoms with Crippen LogP contribution < -0.4 is 5.32 Å². The largest absolute Gasteiger partial charge is 0.449 e. The van der Waals surface area contributed by atoms with E-state index in [0.717, 1.165) is 49.1 Å². The molecule has 1 saturated carbocycles. The van der Waals surface area contributed by atoms with Crippen molar-refractivity contribution >= 4 is 5.91 Å². The maximum atomic E-state index is 13.2. The molecule has 1 atom stereocenters. The zero-order valence-corrected chi connectivity index (χ0v) is 20.2. The number of amides is 1. The molecule has 1 amide bonds. The van der Waals surface area contributed by atoms with Crippen molar-refractivity contribution in [3.8, 4) is 22.7 Å². The van der Waals surface area contributed by atoms with E-state index in [0.29, 0.717) is 17.6 Å². The van der Waals surface area contributed by atoms with E-state index in [1.54, 1.807) is 6.07 Å². The third-order valence-corrected chi connectivity index (χ3v) is 7.57. The Morgan fingerprint density at radius 2 is 1.77 bits per heavy atom. The second-order valence-electron chi connectivity index (χ2n) is 9.93. The number of aryl methyl sites for hydroxylation is 2. The first-order valence-corrected chi connectivity index (χ1v) is 12.8. The van der Waals surface area contributed by atoms with Crippen molar-refractivity contribution in [1.82, 2.24) is 14.9 Å². The first-order valence-electron chi connectivity index (χ1n) is 12.8. The Morgan fingerprint density at radius 1 is 0.971 bits per heavy atom. The van der Waals surface area contributed by atoms with Crippen LogP contribution >= 0.6 is 0 Å². The van der Waals surface area contributed by atoms with E-state index in [2.05, 4.69) is 59.3 Å². The smallest absolute Gasteiger partial charge is 0.287 e. The highest BCUT2D eigenvalue weighted by atomic mass is 16.4. The molecule has 1 fully saturated rings. The SMILES string of the molecule is Cc1ccc(-c2ncn(C3CCCC3)c2-c2ccc(C(=O)NC3CCCc4ccccc43)o2)cc1. The van der Waals surface area contributed by atoms with Gasteiger partial charge in [0.25, 0.3) is 5.91 Å². The molecule has 0 saturated heterocycles. The first kappa shape index (κ1) is 21.9. The maximum absolute atomic E-state index is 13.2. The number of carbonyl (C=O) groups excluding carboxylic acids is 1. The lowest BCUT2D eigenvalue weighted by atomic mass is 9.88. The minimum atomic E-state index is -0.165. The number of carbonyl (C=O) groups is 1. The summed E-state index contributed by atoms with van der Waals surface area (Å²) in [6.45, 7) is 2.09. The van der Waals surface area contributed by atoms with Gasteiger partial charge in [-0.05, 0) is 62.3 Å². The molecule has 1 unspecified atom stereocenters. The monoisotopic (exact) mass is 465 g/mol. The summed E-state index contributed by atoms with van der Waals surface area (Å²) in [6, 6.07) is 21.0.